The number of aromatic carboxylic acids is 1. The first-order valence-electron chi connectivity index (χ1n) is 9.01. The lowest BCUT2D eigenvalue weighted by Gasteiger charge is -2.20. The molecule has 3 aromatic rings. The summed E-state index contributed by atoms with van der Waals surface area (Å²) < 4.78 is 0. The summed E-state index contributed by atoms with van der Waals surface area (Å²) in [7, 11) is 0. The second kappa shape index (κ2) is 7.85. The number of benzene rings is 2. The normalized spacial score (nSPS) is 14.0. The van der Waals surface area contributed by atoms with E-state index < -0.39 is 5.97 Å². The van der Waals surface area contributed by atoms with Gasteiger partial charge < -0.3 is 10.4 Å². The number of aromatic nitrogens is 1. The van der Waals surface area contributed by atoms with E-state index in [1.54, 1.807) is 30.5 Å². The fourth-order valence-corrected chi connectivity index (χ4v) is 3.78. The summed E-state index contributed by atoms with van der Waals surface area (Å²) in [6.45, 7) is 0. The van der Waals surface area contributed by atoms with Crippen LogP contribution in [-0.2, 0) is 4.79 Å². The number of pyridine rings is 1. The van der Waals surface area contributed by atoms with Crippen LogP contribution in [0, 0.1) is 0 Å². The van der Waals surface area contributed by atoms with Gasteiger partial charge in [0.1, 0.15) is 5.78 Å². The summed E-state index contributed by atoms with van der Waals surface area (Å²) in [4.78, 5) is 27.9. The molecule has 0 unspecified atom stereocenters. The van der Waals surface area contributed by atoms with Crippen LogP contribution in [0.4, 0.5) is 11.4 Å². The Kier molecular flexibility index (Phi) is 5.26. The number of Topliss-reactive ketones (excluding diaryl/α,β-unsaturated/α-hetero) is 1. The molecule has 1 aromatic heterocycles. The van der Waals surface area contributed by atoms with Crippen molar-refractivity contribution in [3.63, 3.8) is 0 Å². The van der Waals surface area contributed by atoms with Crippen molar-refractivity contribution in [2.24, 2.45) is 0 Å². The molecule has 0 radical (unpaired) electrons. The van der Waals surface area contributed by atoms with Crippen molar-refractivity contribution in [2.75, 3.05) is 5.32 Å². The third-order valence-corrected chi connectivity index (χ3v) is 5.37. The quantitative estimate of drug-likeness (QED) is 0.525. The maximum absolute atomic E-state index is 11.7. The van der Waals surface area contributed by atoms with E-state index in [1.807, 2.05) is 12.1 Å². The first-order valence-corrected chi connectivity index (χ1v) is 9.77. The van der Waals surface area contributed by atoms with Gasteiger partial charge in [0.25, 0.3) is 0 Å². The van der Waals surface area contributed by atoms with Gasteiger partial charge in [-0.2, -0.15) is 0 Å². The van der Waals surface area contributed by atoms with Crippen molar-refractivity contribution >= 4 is 62.8 Å². The number of carboxylic acids is 1. The number of carbonyl (C=O) groups is 2. The highest BCUT2D eigenvalue weighted by atomic mass is 35.5. The van der Waals surface area contributed by atoms with Crippen LogP contribution in [0.3, 0.4) is 0 Å². The molecule has 1 aliphatic rings. The molecule has 29 heavy (non-hydrogen) atoms. The maximum Gasteiger partial charge on any atom is 0.337 e. The summed E-state index contributed by atoms with van der Waals surface area (Å²) in [5.74, 6) is -0.888. The van der Waals surface area contributed by atoms with Gasteiger partial charge in [0, 0.05) is 40.0 Å². The molecule has 2 aromatic carbocycles. The zero-order chi connectivity index (χ0) is 20.5. The zero-order valence-corrected chi connectivity index (χ0v) is 16.7. The van der Waals surface area contributed by atoms with Crippen LogP contribution in [0.1, 0.15) is 35.2 Å². The standard InChI is InChI=1S/C22H16Cl2N2O3/c23-13-3-7-19-16(9-13)21(18(11-25-19)12-1-5-15(27)6-2-12)26-20-8-4-14(24)10-17(20)22(28)29/h1,3-4,7-11H,2,5-6H2,(H,25,26)(H,28,29). The van der Waals surface area contributed by atoms with Crippen molar-refractivity contribution in [2.45, 2.75) is 19.3 Å². The Morgan fingerprint density at radius 3 is 2.55 bits per heavy atom. The van der Waals surface area contributed by atoms with E-state index in [0.717, 1.165) is 22.0 Å². The molecule has 4 rings (SSSR count). The Bertz CT molecular complexity index is 1190. The average Bonchev–Trinajstić information content (AvgIpc) is 2.70. The van der Waals surface area contributed by atoms with Crippen LogP contribution in [0.2, 0.25) is 10.0 Å². The molecule has 0 saturated carbocycles. The van der Waals surface area contributed by atoms with Crippen molar-refractivity contribution < 1.29 is 14.7 Å². The SMILES string of the molecule is O=C1CC=C(c2cnc3ccc(Cl)cc3c2Nc2ccc(Cl)cc2C(=O)O)CC1. The fourth-order valence-electron chi connectivity index (χ4n) is 3.44. The molecule has 0 saturated heterocycles. The third-order valence-electron chi connectivity index (χ3n) is 4.90. The van der Waals surface area contributed by atoms with E-state index in [1.165, 1.54) is 6.07 Å². The van der Waals surface area contributed by atoms with Crippen molar-refractivity contribution in [3.8, 4) is 0 Å². The van der Waals surface area contributed by atoms with Gasteiger partial charge in [-0.1, -0.05) is 29.3 Å². The predicted molar refractivity (Wildman–Crippen MR) is 115 cm³/mol. The number of anilines is 2. The van der Waals surface area contributed by atoms with Gasteiger partial charge in [0.05, 0.1) is 22.5 Å². The number of nitrogens with zero attached hydrogens (tertiary/aromatic N) is 1. The molecule has 0 bridgehead atoms. The summed E-state index contributed by atoms with van der Waals surface area (Å²) >= 11 is 12.2. The van der Waals surface area contributed by atoms with E-state index in [4.69, 9.17) is 23.2 Å². The maximum atomic E-state index is 11.7. The molecule has 0 fully saturated rings. The molecule has 1 aliphatic carbocycles. The molecule has 5 nitrogen and oxygen atoms in total. The highest BCUT2D eigenvalue weighted by Crippen LogP contribution is 2.38. The minimum atomic E-state index is -1.09. The van der Waals surface area contributed by atoms with Gasteiger partial charge in [-0.3, -0.25) is 9.78 Å². The van der Waals surface area contributed by atoms with Crippen LogP contribution < -0.4 is 5.32 Å². The fraction of sp³-hybridized carbons (Fsp3) is 0.136. The van der Waals surface area contributed by atoms with E-state index in [9.17, 15) is 14.7 Å². The minimum absolute atomic E-state index is 0.0586. The van der Waals surface area contributed by atoms with E-state index in [-0.39, 0.29) is 11.3 Å². The van der Waals surface area contributed by atoms with Crippen LogP contribution >= 0.6 is 23.2 Å². The van der Waals surface area contributed by atoms with Gasteiger partial charge in [-0.25, -0.2) is 4.79 Å². The van der Waals surface area contributed by atoms with Gasteiger partial charge in [-0.15, -0.1) is 0 Å². The number of nitrogens with one attached hydrogen (secondary N) is 1. The first-order chi connectivity index (χ1) is 13.9. The summed E-state index contributed by atoms with van der Waals surface area (Å²) in [6, 6.07) is 10.0. The number of fused-ring (bicyclic) bond motifs is 1. The number of allylic oxidation sites excluding steroid dienone is 2. The number of halogens is 2. The van der Waals surface area contributed by atoms with Crippen LogP contribution in [0.15, 0.2) is 48.7 Å². The molecule has 0 atom stereocenters. The van der Waals surface area contributed by atoms with Gasteiger partial charge in [0.15, 0.2) is 0 Å². The summed E-state index contributed by atoms with van der Waals surface area (Å²) in [6.07, 6.45) is 5.11. The third kappa shape index (κ3) is 3.97. The number of rotatable bonds is 4. The molecule has 2 N–H and O–H groups in total. The first kappa shape index (κ1) is 19.4. The Labute approximate surface area is 177 Å². The molecule has 1 heterocycles. The number of hydrogen-bond donors (Lipinski definition) is 2. The predicted octanol–water partition coefficient (Wildman–Crippen LogP) is 6.12. The molecule has 7 heteroatoms. The zero-order valence-electron chi connectivity index (χ0n) is 15.2. The highest BCUT2D eigenvalue weighted by molar-refractivity contribution is 6.31. The molecular weight excluding hydrogens is 411 g/mol. The van der Waals surface area contributed by atoms with Gasteiger partial charge >= 0.3 is 5.97 Å². The van der Waals surface area contributed by atoms with Crippen molar-refractivity contribution in [3.05, 3.63) is 69.8 Å². The molecule has 0 aliphatic heterocycles. The lowest BCUT2D eigenvalue weighted by atomic mass is 9.91. The van der Waals surface area contributed by atoms with Crippen LogP contribution in [-0.4, -0.2) is 21.8 Å². The van der Waals surface area contributed by atoms with Gasteiger partial charge in [-0.05, 0) is 48.4 Å². The monoisotopic (exact) mass is 426 g/mol. The second-order valence-corrected chi connectivity index (χ2v) is 7.67. The lowest BCUT2D eigenvalue weighted by Crippen LogP contribution is -2.07. The Hall–Kier alpha value is -2.89. The molecular formula is C22H16Cl2N2O3. The molecule has 146 valence electrons. The van der Waals surface area contributed by atoms with E-state index in [0.29, 0.717) is 40.7 Å². The summed E-state index contributed by atoms with van der Waals surface area (Å²) in [5, 5.41) is 14.5. The molecule has 0 amide bonds. The molecule has 0 spiro atoms. The Morgan fingerprint density at radius 2 is 1.83 bits per heavy atom. The number of hydrogen-bond acceptors (Lipinski definition) is 4. The second-order valence-electron chi connectivity index (χ2n) is 6.80. The highest BCUT2D eigenvalue weighted by Gasteiger charge is 2.19. The number of carboxylic acid groups (broad SMARTS) is 1. The van der Waals surface area contributed by atoms with E-state index >= 15 is 0 Å². The summed E-state index contributed by atoms with van der Waals surface area (Å²) in [5.41, 5.74) is 3.69. The Morgan fingerprint density at radius 1 is 1.07 bits per heavy atom. The Balaban J connectivity index is 1.92. The van der Waals surface area contributed by atoms with Crippen LogP contribution in [0.25, 0.3) is 16.5 Å². The smallest absolute Gasteiger partial charge is 0.337 e. The lowest BCUT2D eigenvalue weighted by molar-refractivity contribution is -0.118. The largest absolute Gasteiger partial charge is 0.478 e. The van der Waals surface area contributed by atoms with Crippen LogP contribution in [0.5, 0.6) is 0 Å². The minimum Gasteiger partial charge on any atom is -0.478 e. The van der Waals surface area contributed by atoms with Gasteiger partial charge in [0.2, 0.25) is 0 Å². The number of carbonyl (C=O) groups excluding carboxylic acids is 1. The van der Waals surface area contributed by atoms with Crippen molar-refractivity contribution in [1.82, 2.24) is 4.98 Å². The van der Waals surface area contributed by atoms with E-state index in [2.05, 4.69) is 10.3 Å². The van der Waals surface area contributed by atoms with Crippen molar-refractivity contribution in [1.29, 1.82) is 0 Å². The number of ketones is 1. The average molecular weight is 427 g/mol. The topological polar surface area (TPSA) is 79.3 Å².